The van der Waals surface area contributed by atoms with Gasteiger partial charge in [0.1, 0.15) is 0 Å². The van der Waals surface area contributed by atoms with E-state index in [-0.39, 0.29) is 12.0 Å². The smallest absolute Gasteiger partial charge is 0.264 e. The first-order chi connectivity index (χ1) is 8.44. The molecule has 0 aromatic heterocycles. The molecule has 1 aromatic carbocycles. The summed E-state index contributed by atoms with van der Waals surface area (Å²) < 4.78 is 27.3. The Labute approximate surface area is 109 Å². The SMILES string of the molecule is [CH2]C1CN(Cc2ccccc2)CC1OS(C)(=O)=O. The molecule has 1 aliphatic heterocycles. The Balaban J connectivity index is 1.95. The van der Waals surface area contributed by atoms with Gasteiger partial charge in [0.2, 0.25) is 0 Å². The molecule has 0 amide bonds. The molecule has 4 nitrogen and oxygen atoms in total. The molecule has 1 fully saturated rings. The fraction of sp³-hybridized carbons (Fsp3) is 0.462. The van der Waals surface area contributed by atoms with Gasteiger partial charge in [0, 0.05) is 25.6 Å². The first kappa shape index (κ1) is 13.5. The lowest BCUT2D eigenvalue weighted by atomic mass is 10.1. The highest BCUT2D eigenvalue weighted by molar-refractivity contribution is 7.86. The zero-order valence-corrected chi connectivity index (χ0v) is 11.3. The third-order valence-corrected chi connectivity index (χ3v) is 3.60. The number of nitrogens with zero attached hydrogens (tertiary/aromatic N) is 1. The molecule has 1 aliphatic rings. The van der Waals surface area contributed by atoms with E-state index < -0.39 is 10.1 Å². The number of hydrogen-bond donors (Lipinski definition) is 0. The van der Waals surface area contributed by atoms with Gasteiger partial charge in [-0.05, 0) is 12.5 Å². The molecular weight excluding hydrogens is 250 g/mol. The monoisotopic (exact) mass is 268 g/mol. The van der Waals surface area contributed by atoms with Gasteiger partial charge >= 0.3 is 0 Å². The van der Waals surface area contributed by atoms with Crippen molar-refractivity contribution in [3.05, 3.63) is 42.8 Å². The number of likely N-dealkylation sites (tertiary alicyclic amines) is 1. The first-order valence-electron chi connectivity index (χ1n) is 5.91. The minimum absolute atomic E-state index is 0.0107. The van der Waals surface area contributed by atoms with Crippen molar-refractivity contribution in [2.45, 2.75) is 12.6 Å². The predicted molar refractivity (Wildman–Crippen MR) is 70.3 cm³/mol. The highest BCUT2D eigenvalue weighted by atomic mass is 32.2. The standard InChI is InChI=1S/C13H18NO3S/c1-11-8-14(9-12-6-4-3-5-7-12)10-13(11)17-18(2,15)16/h3-7,11,13H,1,8-10H2,2H3. The topological polar surface area (TPSA) is 46.6 Å². The second kappa shape index (κ2) is 5.38. The van der Waals surface area contributed by atoms with Gasteiger partial charge < -0.3 is 0 Å². The van der Waals surface area contributed by atoms with Crippen LogP contribution in [-0.2, 0) is 20.8 Å². The summed E-state index contributed by atoms with van der Waals surface area (Å²) >= 11 is 0. The van der Waals surface area contributed by atoms with Crippen molar-refractivity contribution in [1.82, 2.24) is 4.90 Å². The number of rotatable bonds is 4. The quantitative estimate of drug-likeness (QED) is 0.772. The van der Waals surface area contributed by atoms with Gasteiger partial charge in [-0.15, -0.1) is 0 Å². The van der Waals surface area contributed by atoms with Crippen molar-refractivity contribution >= 4 is 10.1 Å². The molecule has 1 aromatic rings. The van der Waals surface area contributed by atoms with Crippen LogP contribution in [0.3, 0.4) is 0 Å². The molecule has 0 N–H and O–H groups in total. The van der Waals surface area contributed by atoms with E-state index in [1.165, 1.54) is 5.56 Å². The van der Waals surface area contributed by atoms with Crippen LogP contribution >= 0.6 is 0 Å². The van der Waals surface area contributed by atoms with Crippen LogP contribution in [0, 0.1) is 12.8 Å². The van der Waals surface area contributed by atoms with Crippen molar-refractivity contribution in [2.24, 2.45) is 5.92 Å². The van der Waals surface area contributed by atoms with Crippen molar-refractivity contribution in [1.29, 1.82) is 0 Å². The van der Waals surface area contributed by atoms with Crippen LogP contribution in [0.15, 0.2) is 30.3 Å². The lowest BCUT2D eigenvalue weighted by molar-refractivity contribution is 0.190. The minimum Gasteiger partial charge on any atom is -0.296 e. The molecule has 0 spiro atoms. The molecule has 0 saturated carbocycles. The maximum Gasteiger partial charge on any atom is 0.264 e. The van der Waals surface area contributed by atoms with Crippen LogP contribution in [0.4, 0.5) is 0 Å². The summed E-state index contributed by atoms with van der Waals surface area (Å²) in [5.74, 6) is -0.0107. The largest absolute Gasteiger partial charge is 0.296 e. The summed E-state index contributed by atoms with van der Waals surface area (Å²) in [6, 6.07) is 10.1. The number of hydrogen-bond acceptors (Lipinski definition) is 4. The van der Waals surface area contributed by atoms with E-state index in [9.17, 15) is 8.42 Å². The molecule has 2 atom stereocenters. The second-order valence-corrected chi connectivity index (χ2v) is 6.38. The Morgan fingerprint density at radius 3 is 2.61 bits per heavy atom. The van der Waals surface area contributed by atoms with E-state index in [0.29, 0.717) is 6.54 Å². The van der Waals surface area contributed by atoms with Gasteiger partial charge in [-0.3, -0.25) is 9.08 Å². The molecule has 99 valence electrons. The molecule has 0 aliphatic carbocycles. The van der Waals surface area contributed by atoms with E-state index in [4.69, 9.17) is 4.18 Å². The van der Waals surface area contributed by atoms with E-state index in [1.54, 1.807) is 0 Å². The summed E-state index contributed by atoms with van der Waals surface area (Å²) in [6.07, 6.45) is 0.753. The van der Waals surface area contributed by atoms with Gasteiger partial charge in [-0.25, -0.2) is 0 Å². The molecule has 2 rings (SSSR count). The van der Waals surface area contributed by atoms with E-state index in [2.05, 4.69) is 24.0 Å². The molecule has 1 saturated heterocycles. The molecule has 1 radical (unpaired) electrons. The van der Waals surface area contributed by atoms with Gasteiger partial charge in [0.05, 0.1) is 12.4 Å². The summed E-state index contributed by atoms with van der Waals surface area (Å²) in [5, 5.41) is 0. The molecule has 2 unspecified atom stereocenters. The van der Waals surface area contributed by atoms with Gasteiger partial charge in [-0.1, -0.05) is 30.3 Å². The second-order valence-electron chi connectivity index (χ2n) is 4.78. The van der Waals surface area contributed by atoms with E-state index in [0.717, 1.165) is 19.3 Å². The van der Waals surface area contributed by atoms with Crippen LogP contribution in [0.1, 0.15) is 5.56 Å². The predicted octanol–water partition coefficient (Wildman–Crippen LogP) is 1.30. The van der Waals surface area contributed by atoms with Crippen molar-refractivity contribution < 1.29 is 12.6 Å². The summed E-state index contributed by atoms with van der Waals surface area (Å²) in [7, 11) is -3.40. The fourth-order valence-electron chi connectivity index (χ4n) is 2.23. The van der Waals surface area contributed by atoms with Crippen LogP contribution in [0.5, 0.6) is 0 Å². The van der Waals surface area contributed by atoms with E-state index >= 15 is 0 Å². The van der Waals surface area contributed by atoms with Crippen LogP contribution in [0.25, 0.3) is 0 Å². The Hall–Kier alpha value is -0.910. The van der Waals surface area contributed by atoms with Gasteiger partial charge in [0.25, 0.3) is 10.1 Å². The highest BCUT2D eigenvalue weighted by Gasteiger charge is 2.32. The minimum atomic E-state index is -3.40. The average Bonchev–Trinajstić information content (AvgIpc) is 2.58. The van der Waals surface area contributed by atoms with Crippen molar-refractivity contribution in [3.63, 3.8) is 0 Å². The van der Waals surface area contributed by atoms with Crippen LogP contribution < -0.4 is 0 Å². The first-order valence-corrected chi connectivity index (χ1v) is 7.73. The molecule has 1 heterocycles. The fourth-order valence-corrected chi connectivity index (χ4v) is 2.90. The third-order valence-electron chi connectivity index (χ3n) is 3.00. The Kier molecular flexibility index (Phi) is 4.04. The number of benzene rings is 1. The molecule has 0 bridgehead atoms. The molecule has 18 heavy (non-hydrogen) atoms. The third kappa shape index (κ3) is 3.80. The normalized spacial score (nSPS) is 25.4. The maximum atomic E-state index is 11.1. The van der Waals surface area contributed by atoms with Crippen LogP contribution in [-0.4, -0.2) is 38.8 Å². The van der Waals surface area contributed by atoms with E-state index in [1.807, 2.05) is 18.2 Å². The summed E-state index contributed by atoms with van der Waals surface area (Å²) in [5.41, 5.74) is 1.21. The molecule has 5 heteroatoms. The van der Waals surface area contributed by atoms with Crippen molar-refractivity contribution in [3.8, 4) is 0 Å². The lowest BCUT2D eigenvalue weighted by Crippen LogP contribution is -2.25. The van der Waals surface area contributed by atoms with Crippen LogP contribution in [0.2, 0.25) is 0 Å². The molecular formula is C13H18NO3S. The van der Waals surface area contributed by atoms with Crippen molar-refractivity contribution in [2.75, 3.05) is 19.3 Å². The zero-order valence-electron chi connectivity index (χ0n) is 10.5. The maximum absolute atomic E-state index is 11.1. The Bertz CT molecular complexity index is 486. The zero-order chi connectivity index (χ0) is 13.2. The lowest BCUT2D eigenvalue weighted by Gasteiger charge is -2.15. The Morgan fingerprint density at radius 2 is 2.00 bits per heavy atom. The van der Waals surface area contributed by atoms with Gasteiger partial charge in [-0.2, -0.15) is 8.42 Å². The summed E-state index contributed by atoms with van der Waals surface area (Å²) in [6.45, 7) is 6.13. The average molecular weight is 268 g/mol. The summed E-state index contributed by atoms with van der Waals surface area (Å²) in [4.78, 5) is 2.17. The highest BCUT2D eigenvalue weighted by Crippen LogP contribution is 2.22. The Morgan fingerprint density at radius 1 is 1.33 bits per heavy atom. The van der Waals surface area contributed by atoms with Gasteiger partial charge in [0.15, 0.2) is 0 Å².